The molecular formula is C16H14ClN3O3. The molecule has 2 N–H and O–H groups in total. The predicted octanol–water partition coefficient (Wildman–Crippen LogP) is 3.11. The Morgan fingerprint density at radius 3 is 2.87 bits per heavy atom. The first kappa shape index (κ1) is 15.2. The number of benzene rings is 2. The van der Waals surface area contributed by atoms with Gasteiger partial charge in [0, 0.05) is 24.3 Å². The van der Waals surface area contributed by atoms with Crippen LogP contribution < -0.4 is 16.4 Å². The molecule has 2 amide bonds. The number of nitrogens with one attached hydrogen (secondary N) is 2. The molecule has 1 aromatic heterocycles. The highest BCUT2D eigenvalue weighted by Gasteiger charge is 2.07. The summed E-state index contributed by atoms with van der Waals surface area (Å²) < 4.78 is 6.55. The molecule has 0 spiro atoms. The fraction of sp³-hybridized carbons (Fsp3) is 0.125. The number of anilines is 1. The maximum atomic E-state index is 11.9. The van der Waals surface area contributed by atoms with Gasteiger partial charge in [-0.05, 0) is 35.9 Å². The van der Waals surface area contributed by atoms with Gasteiger partial charge in [-0.3, -0.25) is 4.57 Å². The van der Waals surface area contributed by atoms with E-state index in [9.17, 15) is 9.59 Å². The predicted molar refractivity (Wildman–Crippen MR) is 88.8 cm³/mol. The number of hydrogen-bond acceptors (Lipinski definition) is 3. The van der Waals surface area contributed by atoms with Crippen molar-refractivity contribution in [2.75, 3.05) is 5.32 Å². The zero-order valence-corrected chi connectivity index (χ0v) is 13.1. The van der Waals surface area contributed by atoms with Crippen LogP contribution in [0.5, 0.6) is 0 Å². The van der Waals surface area contributed by atoms with Crippen LogP contribution >= 0.6 is 11.6 Å². The van der Waals surface area contributed by atoms with E-state index in [-0.39, 0.29) is 6.03 Å². The SMILES string of the molecule is Cn1c(=O)oc2cc(CNC(=O)Nc3cccc(Cl)c3)ccc21. The maximum absolute atomic E-state index is 11.9. The van der Waals surface area contributed by atoms with Crippen molar-refractivity contribution in [1.82, 2.24) is 9.88 Å². The fourth-order valence-electron chi connectivity index (χ4n) is 2.21. The highest BCUT2D eigenvalue weighted by molar-refractivity contribution is 6.30. The van der Waals surface area contributed by atoms with Crippen molar-refractivity contribution in [3.8, 4) is 0 Å². The molecule has 3 rings (SSSR count). The Labute approximate surface area is 136 Å². The quantitative estimate of drug-likeness (QED) is 0.774. The zero-order valence-electron chi connectivity index (χ0n) is 12.3. The van der Waals surface area contributed by atoms with Crippen LogP contribution in [0.15, 0.2) is 51.7 Å². The number of halogens is 1. The number of rotatable bonds is 3. The third-order valence-electron chi connectivity index (χ3n) is 3.39. The van der Waals surface area contributed by atoms with Gasteiger partial charge in [-0.15, -0.1) is 0 Å². The summed E-state index contributed by atoms with van der Waals surface area (Å²) in [6.45, 7) is 0.306. The summed E-state index contributed by atoms with van der Waals surface area (Å²) in [4.78, 5) is 23.3. The maximum Gasteiger partial charge on any atom is 0.419 e. The van der Waals surface area contributed by atoms with Crippen LogP contribution in [-0.4, -0.2) is 10.6 Å². The van der Waals surface area contributed by atoms with Crippen molar-refractivity contribution in [2.24, 2.45) is 7.05 Å². The second kappa shape index (κ2) is 6.18. The minimum absolute atomic E-state index is 0.306. The largest absolute Gasteiger partial charge is 0.419 e. The molecule has 0 radical (unpaired) electrons. The number of carbonyl (C=O) groups is 1. The molecule has 6 nitrogen and oxygen atoms in total. The Balaban J connectivity index is 1.66. The average Bonchev–Trinajstić information content (AvgIpc) is 2.80. The lowest BCUT2D eigenvalue weighted by Gasteiger charge is -2.08. The minimum Gasteiger partial charge on any atom is -0.408 e. The Morgan fingerprint density at radius 1 is 1.26 bits per heavy atom. The van der Waals surface area contributed by atoms with E-state index >= 15 is 0 Å². The third kappa shape index (κ3) is 3.37. The van der Waals surface area contributed by atoms with Gasteiger partial charge in [0.05, 0.1) is 5.52 Å². The molecule has 3 aromatic rings. The van der Waals surface area contributed by atoms with E-state index in [1.165, 1.54) is 4.57 Å². The van der Waals surface area contributed by atoms with Crippen LogP contribution in [0.4, 0.5) is 10.5 Å². The summed E-state index contributed by atoms with van der Waals surface area (Å²) in [6, 6.07) is 11.9. The molecule has 7 heteroatoms. The van der Waals surface area contributed by atoms with Crippen molar-refractivity contribution in [2.45, 2.75) is 6.54 Å². The van der Waals surface area contributed by atoms with Gasteiger partial charge in [0.2, 0.25) is 0 Å². The standard InChI is InChI=1S/C16H14ClN3O3/c1-20-13-6-5-10(7-14(13)23-16(20)22)9-18-15(21)19-12-4-2-3-11(17)8-12/h2-8H,9H2,1H3,(H2,18,19,21). The molecule has 0 saturated heterocycles. The van der Waals surface area contributed by atoms with Gasteiger partial charge < -0.3 is 15.1 Å². The Kier molecular flexibility index (Phi) is 4.08. The summed E-state index contributed by atoms with van der Waals surface area (Å²) in [5, 5.41) is 5.97. The number of aryl methyl sites for hydroxylation is 1. The smallest absolute Gasteiger partial charge is 0.408 e. The molecule has 118 valence electrons. The number of carbonyl (C=O) groups excluding carboxylic acids is 1. The number of oxazole rings is 1. The highest BCUT2D eigenvalue weighted by Crippen LogP contribution is 2.15. The van der Waals surface area contributed by atoms with Gasteiger partial charge in [0.1, 0.15) is 0 Å². The minimum atomic E-state index is -0.413. The number of urea groups is 1. The van der Waals surface area contributed by atoms with E-state index in [4.69, 9.17) is 16.0 Å². The molecule has 0 aliphatic carbocycles. The van der Waals surface area contributed by atoms with Crippen molar-refractivity contribution >= 4 is 34.4 Å². The number of fused-ring (bicyclic) bond motifs is 1. The van der Waals surface area contributed by atoms with Gasteiger partial charge >= 0.3 is 11.8 Å². The summed E-state index contributed by atoms with van der Waals surface area (Å²) >= 11 is 5.86. The van der Waals surface area contributed by atoms with Gasteiger partial charge in [-0.1, -0.05) is 23.7 Å². The number of hydrogen-bond donors (Lipinski definition) is 2. The molecule has 0 aliphatic heterocycles. The number of nitrogens with zero attached hydrogens (tertiary/aromatic N) is 1. The molecule has 0 unspecified atom stereocenters. The van der Waals surface area contributed by atoms with Gasteiger partial charge in [0.25, 0.3) is 0 Å². The molecule has 0 aliphatic rings. The van der Waals surface area contributed by atoms with Crippen LogP contribution in [-0.2, 0) is 13.6 Å². The monoisotopic (exact) mass is 331 g/mol. The second-order valence-corrected chi connectivity index (χ2v) is 5.48. The zero-order chi connectivity index (χ0) is 16.4. The van der Waals surface area contributed by atoms with Gasteiger partial charge in [-0.25, -0.2) is 9.59 Å². The molecule has 1 heterocycles. The van der Waals surface area contributed by atoms with E-state index < -0.39 is 5.76 Å². The summed E-state index contributed by atoms with van der Waals surface area (Å²) in [5.41, 5.74) is 2.64. The molecule has 0 atom stereocenters. The Bertz CT molecular complexity index is 930. The fourth-order valence-corrected chi connectivity index (χ4v) is 2.40. The van der Waals surface area contributed by atoms with Crippen LogP contribution in [0.25, 0.3) is 11.1 Å². The van der Waals surface area contributed by atoms with E-state index in [0.29, 0.717) is 28.4 Å². The lowest BCUT2D eigenvalue weighted by atomic mass is 10.2. The summed E-state index contributed by atoms with van der Waals surface area (Å²) in [7, 11) is 1.64. The van der Waals surface area contributed by atoms with Crippen LogP contribution in [0, 0.1) is 0 Å². The third-order valence-corrected chi connectivity index (χ3v) is 3.63. The highest BCUT2D eigenvalue weighted by atomic mass is 35.5. The van der Waals surface area contributed by atoms with E-state index in [1.54, 1.807) is 43.4 Å². The number of amides is 2. The van der Waals surface area contributed by atoms with Crippen molar-refractivity contribution in [1.29, 1.82) is 0 Å². The topological polar surface area (TPSA) is 76.3 Å². The lowest BCUT2D eigenvalue weighted by molar-refractivity contribution is 0.251. The van der Waals surface area contributed by atoms with E-state index in [1.807, 2.05) is 6.07 Å². The molecular weight excluding hydrogens is 318 g/mol. The van der Waals surface area contributed by atoms with Crippen LogP contribution in [0.2, 0.25) is 5.02 Å². The van der Waals surface area contributed by atoms with E-state index in [2.05, 4.69) is 10.6 Å². The van der Waals surface area contributed by atoms with Gasteiger partial charge in [-0.2, -0.15) is 0 Å². The normalized spacial score (nSPS) is 10.7. The first-order valence-electron chi connectivity index (χ1n) is 6.92. The summed E-state index contributed by atoms with van der Waals surface area (Å²) in [6.07, 6.45) is 0. The molecule has 0 bridgehead atoms. The van der Waals surface area contributed by atoms with Crippen molar-refractivity contribution in [3.05, 3.63) is 63.6 Å². The second-order valence-electron chi connectivity index (χ2n) is 5.05. The molecule has 0 fully saturated rings. The number of aromatic nitrogens is 1. The van der Waals surface area contributed by atoms with Gasteiger partial charge in [0.15, 0.2) is 5.58 Å². The van der Waals surface area contributed by atoms with Crippen molar-refractivity contribution < 1.29 is 9.21 Å². The molecule has 23 heavy (non-hydrogen) atoms. The Morgan fingerprint density at radius 2 is 2.09 bits per heavy atom. The summed E-state index contributed by atoms with van der Waals surface area (Å²) in [5.74, 6) is -0.413. The van der Waals surface area contributed by atoms with Crippen LogP contribution in [0.1, 0.15) is 5.56 Å². The Hall–Kier alpha value is -2.73. The average molecular weight is 332 g/mol. The first-order valence-corrected chi connectivity index (χ1v) is 7.29. The van der Waals surface area contributed by atoms with Crippen molar-refractivity contribution in [3.63, 3.8) is 0 Å². The van der Waals surface area contributed by atoms with Crippen LogP contribution in [0.3, 0.4) is 0 Å². The lowest BCUT2D eigenvalue weighted by Crippen LogP contribution is -2.28. The first-order chi connectivity index (χ1) is 11.0. The van der Waals surface area contributed by atoms with E-state index in [0.717, 1.165) is 5.56 Å². The molecule has 2 aromatic carbocycles. The molecule has 0 saturated carbocycles.